The number of carbonyl (C=O) groups is 2. The molecule has 0 saturated carbocycles. The molecule has 0 aliphatic carbocycles. The van der Waals surface area contributed by atoms with Gasteiger partial charge in [-0.3, -0.25) is 9.59 Å². The van der Waals surface area contributed by atoms with Crippen LogP contribution in [0.25, 0.3) is 0 Å². The first-order valence-corrected chi connectivity index (χ1v) is 3.80. The molecule has 0 heterocycles. The maximum absolute atomic E-state index is 10.9. The number of hydrogen-bond donors (Lipinski definition) is 3. The van der Waals surface area contributed by atoms with Gasteiger partial charge in [0.15, 0.2) is 0 Å². The minimum atomic E-state index is -1.03. The molecule has 0 radical (unpaired) electrons. The lowest BCUT2D eigenvalue weighted by Gasteiger charge is -2.07. The average molecular weight is 255 g/mol. The second-order valence-electron chi connectivity index (χ2n) is 2.52. The monoisotopic (exact) mass is 254 g/mol. The molecule has 0 aliphatic heterocycles. The van der Waals surface area contributed by atoms with E-state index in [1.807, 2.05) is 0 Å². The molecule has 0 unspecified atom stereocenters. The van der Waals surface area contributed by atoms with Crippen molar-refractivity contribution in [3.05, 3.63) is 0 Å². The number of carbonyl (C=O) groups excluding carboxylic acids is 1. The van der Waals surface area contributed by atoms with Crippen LogP contribution in [0.1, 0.15) is 19.8 Å². The van der Waals surface area contributed by atoms with Crippen molar-refractivity contribution in [2.24, 2.45) is 5.73 Å². The van der Waals surface area contributed by atoms with Gasteiger partial charge in [-0.25, -0.2) is 0 Å². The molecule has 13 heavy (non-hydrogen) atoms. The Morgan fingerprint density at radius 3 is 2.46 bits per heavy atom. The quantitative estimate of drug-likeness (QED) is 0.639. The van der Waals surface area contributed by atoms with Crippen LogP contribution in [0.3, 0.4) is 0 Å². The zero-order chi connectivity index (χ0) is 9.56. The van der Waals surface area contributed by atoms with E-state index >= 15 is 0 Å². The first-order chi connectivity index (χ1) is 5.57. The van der Waals surface area contributed by atoms with Gasteiger partial charge in [0.2, 0.25) is 5.91 Å². The maximum atomic E-state index is 10.9. The predicted molar refractivity (Wildman–Crippen MR) is 53.9 cm³/mol. The fraction of sp³-hybridized carbons (Fsp3) is 0.714. The third kappa shape index (κ3) is 7.73. The highest BCUT2D eigenvalue weighted by atomic mass is 79.9. The summed E-state index contributed by atoms with van der Waals surface area (Å²) in [7, 11) is 0. The molecular formula is C7H15BrN2O3. The number of carboxylic acids is 1. The van der Waals surface area contributed by atoms with Crippen molar-refractivity contribution in [3.63, 3.8) is 0 Å². The van der Waals surface area contributed by atoms with E-state index in [2.05, 4.69) is 5.32 Å². The molecule has 0 saturated heterocycles. The number of halogens is 1. The number of amides is 1. The Labute approximate surface area is 87.4 Å². The Morgan fingerprint density at radius 2 is 2.08 bits per heavy atom. The van der Waals surface area contributed by atoms with Gasteiger partial charge < -0.3 is 16.2 Å². The topological polar surface area (TPSA) is 92.4 Å². The van der Waals surface area contributed by atoms with Gasteiger partial charge in [-0.05, 0) is 19.9 Å². The van der Waals surface area contributed by atoms with E-state index in [-0.39, 0.29) is 29.3 Å². The summed E-state index contributed by atoms with van der Waals surface area (Å²) in [4.78, 5) is 21.2. The Balaban J connectivity index is 0. The fourth-order valence-corrected chi connectivity index (χ4v) is 0.638. The Morgan fingerprint density at radius 1 is 1.54 bits per heavy atom. The van der Waals surface area contributed by atoms with E-state index in [4.69, 9.17) is 10.8 Å². The van der Waals surface area contributed by atoms with Crippen molar-refractivity contribution < 1.29 is 14.7 Å². The molecule has 1 atom stereocenters. The summed E-state index contributed by atoms with van der Waals surface area (Å²) in [5, 5.41) is 10.7. The number of nitrogens with one attached hydrogen (secondary N) is 1. The minimum absolute atomic E-state index is 0. The summed E-state index contributed by atoms with van der Waals surface area (Å²) in [5.41, 5.74) is 5.17. The Bertz CT molecular complexity index is 175. The van der Waals surface area contributed by atoms with Crippen LogP contribution in [0.15, 0.2) is 0 Å². The number of aliphatic carboxylic acids is 1. The molecule has 5 nitrogen and oxygen atoms in total. The zero-order valence-electron chi connectivity index (χ0n) is 7.45. The van der Waals surface area contributed by atoms with Gasteiger partial charge in [-0.15, -0.1) is 17.0 Å². The van der Waals surface area contributed by atoms with E-state index < -0.39 is 12.0 Å². The summed E-state index contributed by atoms with van der Waals surface area (Å²) in [6.07, 6.45) is 0.867. The second-order valence-corrected chi connectivity index (χ2v) is 2.52. The minimum Gasteiger partial charge on any atom is -0.480 e. The molecular weight excluding hydrogens is 240 g/mol. The van der Waals surface area contributed by atoms with Gasteiger partial charge >= 0.3 is 5.97 Å². The molecule has 0 aromatic carbocycles. The molecule has 0 aromatic rings. The fourth-order valence-electron chi connectivity index (χ4n) is 0.638. The highest BCUT2D eigenvalue weighted by Crippen LogP contribution is 1.88. The smallest absolute Gasteiger partial charge is 0.325 e. The van der Waals surface area contributed by atoms with Gasteiger partial charge in [0.05, 0.1) is 0 Å². The van der Waals surface area contributed by atoms with Crippen LogP contribution in [0, 0.1) is 0 Å². The maximum Gasteiger partial charge on any atom is 0.325 e. The summed E-state index contributed by atoms with van der Waals surface area (Å²) in [5.74, 6) is -1.30. The van der Waals surface area contributed by atoms with Crippen molar-refractivity contribution in [1.29, 1.82) is 0 Å². The van der Waals surface area contributed by atoms with E-state index in [1.54, 1.807) is 0 Å². The predicted octanol–water partition coefficient (Wildman–Crippen LogP) is -0.107. The number of rotatable bonds is 5. The number of hydrogen-bond acceptors (Lipinski definition) is 3. The normalized spacial score (nSPS) is 11.2. The second kappa shape index (κ2) is 8.00. The lowest BCUT2D eigenvalue weighted by Crippen LogP contribution is -2.38. The highest BCUT2D eigenvalue weighted by Gasteiger charge is 2.12. The van der Waals surface area contributed by atoms with Gasteiger partial charge in [-0.2, -0.15) is 0 Å². The van der Waals surface area contributed by atoms with Crippen LogP contribution in [0.2, 0.25) is 0 Å². The standard InChI is InChI=1S/C7H14N2O3.BrH/c1-5(7(11)12)9-6(10)3-2-4-8;/h5H,2-4,8H2,1H3,(H,9,10)(H,11,12);1H/t5-;/m0./s1. The number of nitrogens with two attached hydrogens (primary N) is 1. The average Bonchev–Trinajstić information content (AvgIpc) is 2.00. The largest absolute Gasteiger partial charge is 0.480 e. The van der Waals surface area contributed by atoms with Crippen molar-refractivity contribution >= 4 is 28.9 Å². The first-order valence-electron chi connectivity index (χ1n) is 3.80. The van der Waals surface area contributed by atoms with Crippen LogP contribution in [0.5, 0.6) is 0 Å². The molecule has 0 spiro atoms. The van der Waals surface area contributed by atoms with Crippen molar-refractivity contribution in [3.8, 4) is 0 Å². The van der Waals surface area contributed by atoms with Crippen molar-refractivity contribution in [1.82, 2.24) is 5.32 Å². The van der Waals surface area contributed by atoms with Gasteiger partial charge in [0.25, 0.3) is 0 Å². The summed E-state index contributed by atoms with van der Waals surface area (Å²) in [6.45, 7) is 1.86. The lowest BCUT2D eigenvalue weighted by atomic mass is 10.2. The summed E-state index contributed by atoms with van der Waals surface area (Å²) < 4.78 is 0. The van der Waals surface area contributed by atoms with Crippen LogP contribution in [-0.2, 0) is 9.59 Å². The third-order valence-corrected chi connectivity index (χ3v) is 1.36. The zero-order valence-corrected chi connectivity index (χ0v) is 9.16. The molecule has 0 bridgehead atoms. The van der Waals surface area contributed by atoms with Crippen LogP contribution < -0.4 is 11.1 Å². The summed E-state index contributed by atoms with van der Waals surface area (Å²) >= 11 is 0. The highest BCUT2D eigenvalue weighted by molar-refractivity contribution is 8.93. The first kappa shape index (κ1) is 14.9. The molecule has 0 aromatic heterocycles. The Kier molecular flexibility index (Phi) is 9.16. The van der Waals surface area contributed by atoms with Crippen LogP contribution in [0.4, 0.5) is 0 Å². The molecule has 78 valence electrons. The van der Waals surface area contributed by atoms with Gasteiger partial charge in [0, 0.05) is 6.42 Å². The molecule has 4 N–H and O–H groups in total. The van der Waals surface area contributed by atoms with Crippen LogP contribution >= 0.6 is 17.0 Å². The van der Waals surface area contributed by atoms with Crippen molar-refractivity contribution in [2.75, 3.05) is 6.54 Å². The lowest BCUT2D eigenvalue weighted by molar-refractivity contribution is -0.141. The molecule has 0 fully saturated rings. The van der Waals surface area contributed by atoms with E-state index in [0.717, 1.165) is 0 Å². The molecule has 6 heteroatoms. The Hall–Kier alpha value is -0.620. The van der Waals surface area contributed by atoms with E-state index in [9.17, 15) is 9.59 Å². The molecule has 0 aliphatic rings. The van der Waals surface area contributed by atoms with Crippen LogP contribution in [-0.4, -0.2) is 29.6 Å². The van der Waals surface area contributed by atoms with Gasteiger partial charge in [0.1, 0.15) is 6.04 Å². The third-order valence-electron chi connectivity index (χ3n) is 1.36. The van der Waals surface area contributed by atoms with E-state index in [0.29, 0.717) is 13.0 Å². The van der Waals surface area contributed by atoms with Gasteiger partial charge in [-0.1, -0.05) is 0 Å². The SMILES string of the molecule is Br.C[C@H](NC(=O)CCCN)C(=O)O. The van der Waals surface area contributed by atoms with E-state index in [1.165, 1.54) is 6.92 Å². The number of carboxylic acid groups (broad SMARTS) is 1. The summed E-state index contributed by atoms with van der Waals surface area (Å²) in [6, 6.07) is -0.824. The van der Waals surface area contributed by atoms with Crippen molar-refractivity contribution in [2.45, 2.75) is 25.8 Å². The molecule has 1 amide bonds. The molecule has 0 rings (SSSR count).